The van der Waals surface area contributed by atoms with E-state index in [0.29, 0.717) is 18.7 Å². The van der Waals surface area contributed by atoms with E-state index in [9.17, 15) is 4.79 Å². The number of carbonyl (C=O) groups excluding carboxylic acids is 1. The number of carbonyl (C=O) groups is 1. The predicted octanol–water partition coefficient (Wildman–Crippen LogP) is 3.62. The Kier molecular flexibility index (Phi) is 5.50. The number of aryl methyl sites for hydroxylation is 1. The molecule has 0 saturated heterocycles. The highest BCUT2D eigenvalue weighted by molar-refractivity contribution is 7.09. The molecule has 0 aliphatic heterocycles. The van der Waals surface area contributed by atoms with E-state index in [1.54, 1.807) is 24.7 Å². The van der Waals surface area contributed by atoms with Crippen LogP contribution in [0.3, 0.4) is 0 Å². The van der Waals surface area contributed by atoms with E-state index in [1.165, 1.54) is 0 Å². The molecule has 25 heavy (non-hydrogen) atoms. The topological polar surface area (TPSA) is 64.4 Å². The van der Waals surface area contributed by atoms with Gasteiger partial charge in [-0.15, -0.1) is 11.3 Å². The number of benzene rings is 1. The molecule has 0 bridgehead atoms. The van der Waals surface area contributed by atoms with Gasteiger partial charge in [-0.3, -0.25) is 4.79 Å². The second kappa shape index (κ2) is 7.98. The van der Waals surface area contributed by atoms with Crippen LogP contribution in [0.1, 0.15) is 16.3 Å². The van der Waals surface area contributed by atoms with Crippen molar-refractivity contribution < 1.29 is 13.9 Å². The number of nitrogens with one attached hydrogen (secondary N) is 1. The molecule has 130 valence electrons. The summed E-state index contributed by atoms with van der Waals surface area (Å²) in [4.78, 5) is 16.8. The van der Waals surface area contributed by atoms with E-state index < -0.39 is 0 Å². The third-order valence-electron chi connectivity index (χ3n) is 3.82. The SMILES string of the molecule is COc1ccc(-c2csc(C)n2)cc1CC(=O)NCCc1ccco1. The lowest BCUT2D eigenvalue weighted by Gasteiger charge is -2.10. The Morgan fingerprint density at radius 3 is 2.92 bits per heavy atom. The van der Waals surface area contributed by atoms with E-state index >= 15 is 0 Å². The van der Waals surface area contributed by atoms with Gasteiger partial charge in [0.25, 0.3) is 0 Å². The first-order chi connectivity index (χ1) is 12.2. The maximum Gasteiger partial charge on any atom is 0.224 e. The van der Waals surface area contributed by atoms with Crippen molar-refractivity contribution in [1.82, 2.24) is 10.3 Å². The molecule has 0 spiro atoms. The minimum Gasteiger partial charge on any atom is -0.496 e. The minimum absolute atomic E-state index is 0.0449. The lowest BCUT2D eigenvalue weighted by atomic mass is 10.0. The second-order valence-corrected chi connectivity index (χ2v) is 6.70. The van der Waals surface area contributed by atoms with Crippen LogP contribution in [-0.2, 0) is 17.6 Å². The zero-order chi connectivity index (χ0) is 17.6. The molecule has 0 unspecified atom stereocenters. The summed E-state index contributed by atoms with van der Waals surface area (Å²) in [5, 5.41) is 5.95. The third kappa shape index (κ3) is 4.48. The van der Waals surface area contributed by atoms with Crippen molar-refractivity contribution in [3.05, 3.63) is 58.3 Å². The van der Waals surface area contributed by atoms with Crippen LogP contribution in [0.15, 0.2) is 46.4 Å². The van der Waals surface area contributed by atoms with E-state index in [1.807, 2.05) is 42.6 Å². The van der Waals surface area contributed by atoms with Gasteiger partial charge in [-0.25, -0.2) is 4.98 Å². The molecule has 0 radical (unpaired) electrons. The number of methoxy groups -OCH3 is 1. The Bertz CT molecular complexity index is 840. The Balaban J connectivity index is 1.66. The minimum atomic E-state index is -0.0449. The van der Waals surface area contributed by atoms with Gasteiger partial charge < -0.3 is 14.5 Å². The summed E-state index contributed by atoms with van der Waals surface area (Å²) in [5.74, 6) is 1.52. The molecule has 1 amide bonds. The molecular weight excluding hydrogens is 336 g/mol. The first-order valence-corrected chi connectivity index (χ1v) is 8.92. The molecule has 1 N–H and O–H groups in total. The molecule has 3 rings (SSSR count). The maximum absolute atomic E-state index is 12.3. The van der Waals surface area contributed by atoms with Gasteiger partial charge in [0.15, 0.2) is 0 Å². The average molecular weight is 356 g/mol. The quantitative estimate of drug-likeness (QED) is 0.702. The summed E-state index contributed by atoms with van der Waals surface area (Å²) in [5.41, 5.74) is 2.76. The van der Waals surface area contributed by atoms with Crippen molar-refractivity contribution in [3.63, 3.8) is 0 Å². The summed E-state index contributed by atoms with van der Waals surface area (Å²) in [6.45, 7) is 2.52. The number of nitrogens with zero attached hydrogens (tertiary/aromatic N) is 1. The Hall–Kier alpha value is -2.60. The van der Waals surface area contributed by atoms with Gasteiger partial charge in [-0.1, -0.05) is 0 Å². The number of hydrogen-bond donors (Lipinski definition) is 1. The third-order valence-corrected chi connectivity index (χ3v) is 4.59. The van der Waals surface area contributed by atoms with Crippen molar-refractivity contribution in [1.29, 1.82) is 0 Å². The summed E-state index contributed by atoms with van der Waals surface area (Å²) in [7, 11) is 1.61. The molecule has 6 heteroatoms. The molecule has 0 atom stereocenters. The normalized spacial score (nSPS) is 10.6. The van der Waals surface area contributed by atoms with E-state index in [4.69, 9.17) is 9.15 Å². The Morgan fingerprint density at radius 1 is 1.36 bits per heavy atom. The van der Waals surface area contributed by atoms with Crippen molar-refractivity contribution in [2.75, 3.05) is 13.7 Å². The van der Waals surface area contributed by atoms with E-state index in [0.717, 1.165) is 27.6 Å². The second-order valence-electron chi connectivity index (χ2n) is 5.63. The first kappa shape index (κ1) is 17.2. The lowest BCUT2D eigenvalue weighted by molar-refractivity contribution is -0.120. The number of aromatic nitrogens is 1. The standard InChI is InChI=1S/C19H20N2O3S/c1-13-21-17(12-25-13)14-5-6-18(23-2)15(10-14)11-19(22)20-8-7-16-4-3-9-24-16/h3-6,9-10,12H,7-8,11H2,1-2H3,(H,20,22). The Morgan fingerprint density at radius 2 is 2.24 bits per heavy atom. The number of thiazole rings is 1. The zero-order valence-corrected chi connectivity index (χ0v) is 15.1. The lowest BCUT2D eigenvalue weighted by Crippen LogP contribution is -2.27. The van der Waals surface area contributed by atoms with Crippen molar-refractivity contribution in [3.8, 4) is 17.0 Å². The highest BCUT2D eigenvalue weighted by Crippen LogP contribution is 2.27. The van der Waals surface area contributed by atoms with Gasteiger partial charge in [0.1, 0.15) is 11.5 Å². The monoisotopic (exact) mass is 356 g/mol. The van der Waals surface area contributed by atoms with Crippen LogP contribution in [0.4, 0.5) is 0 Å². The number of hydrogen-bond acceptors (Lipinski definition) is 5. The highest BCUT2D eigenvalue weighted by Gasteiger charge is 2.12. The summed E-state index contributed by atoms with van der Waals surface area (Å²) < 4.78 is 10.7. The first-order valence-electron chi connectivity index (χ1n) is 8.04. The van der Waals surface area contributed by atoms with Crippen molar-refractivity contribution in [2.45, 2.75) is 19.8 Å². The van der Waals surface area contributed by atoms with E-state index in [-0.39, 0.29) is 12.3 Å². The van der Waals surface area contributed by atoms with Gasteiger partial charge >= 0.3 is 0 Å². The number of amides is 1. The zero-order valence-electron chi connectivity index (χ0n) is 14.2. The fourth-order valence-corrected chi connectivity index (χ4v) is 3.21. The van der Waals surface area contributed by atoms with Crippen molar-refractivity contribution in [2.24, 2.45) is 0 Å². The molecule has 2 heterocycles. The molecule has 1 aromatic carbocycles. The summed E-state index contributed by atoms with van der Waals surface area (Å²) in [6.07, 6.45) is 2.57. The maximum atomic E-state index is 12.3. The van der Waals surface area contributed by atoms with Crippen LogP contribution < -0.4 is 10.1 Å². The van der Waals surface area contributed by atoms with Gasteiger partial charge in [0, 0.05) is 29.5 Å². The smallest absolute Gasteiger partial charge is 0.224 e. The molecule has 0 aliphatic rings. The fourth-order valence-electron chi connectivity index (χ4n) is 2.59. The van der Waals surface area contributed by atoms with Crippen LogP contribution in [0, 0.1) is 6.92 Å². The van der Waals surface area contributed by atoms with Gasteiger partial charge in [-0.05, 0) is 37.3 Å². The highest BCUT2D eigenvalue weighted by atomic mass is 32.1. The number of ether oxygens (including phenoxy) is 1. The molecule has 0 aliphatic carbocycles. The van der Waals surface area contributed by atoms with Crippen LogP contribution in [0.5, 0.6) is 5.75 Å². The number of furan rings is 1. The molecule has 5 nitrogen and oxygen atoms in total. The average Bonchev–Trinajstić information content (AvgIpc) is 3.26. The molecule has 2 aromatic heterocycles. The van der Waals surface area contributed by atoms with E-state index in [2.05, 4.69) is 10.3 Å². The van der Waals surface area contributed by atoms with Gasteiger partial charge in [0.05, 0.1) is 30.5 Å². The predicted molar refractivity (Wildman–Crippen MR) is 98.0 cm³/mol. The molecule has 3 aromatic rings. The van der Waals surface area contributed by atoms with Crippen LogP contribution in [-0.4, -0.2) is 24.5 Å². The molecule has 0 saturated carbocycles. The Labute approximate surface area is 150 Å². The van der Waals surface area contributed by atoms with Crippen LogP contribution >= 0.6 is 11.3 Å². The number of rotatable bonds is 7. The fraction of sp³-hybridized carbons (Fsp3) is 0.263. The van der Waals surface area contributed by atoms with Gasteiger partial charge in [0.2, 0.25) is 5.91 Å². The van der Waals surface area contributed by atoms with Crippen molar-refractivity contribution >= 4 is 17.2 Å². The molecule has 0 fully saturated rings. The van der Waals surface area contributed by atoms with Gasteiger partial charge in [-0.2, -0.15) is 0 Å². The summed E-state index contributed by atoms with van der Waals surface area (Å²) in [6, 6.07) is 9.56. The van der Waals surface area contributed by atoms with Crippen LogP contribution in [0.25, 0.3) is 11.3 Å². The largest absolute Gasteiger partial charge is 0.496 e. The van der Waals surface area contributed by atoms with Crippen LogP contribution in [0.2, 0.25) is 0 Å². The summed E-state index contributed by atoms with van der Waals surface area (Å²) >= 11 is 1.61. The molecular formula is C19H20N2O3S.